The Balaban J connectivity index is 2.67. The molecule has 16 heavy (non-hydrogen) atoms. The number of hydrogen-bond acceptors (Lipinski definition) is 2. The van der Waals surface area contributed by atoms with Gasteiger partial charge in [0.15, 0.2) is 0 Å². The van der Waals surface area contributed by atoms with Crippen molar-refractivity contribution in [3.8, 4) is 5.75 Å². The standard InChI is InChI=1S/C13H19NO2/c1-4-10-16-12-8-6-11(7-9-12)14(3)13(15)5-2/h6-9H,4-5,10H2,1-3H3. The average Bonchev–Trinajstić information content (AvgIpc) is 2.35. The summed E-state index contributed by atoms with van der Waals surface area (Å²) in [5.74, 6) is 0.963. The Bertz CT molecular complexity index is 332. The summed E-state index contributed by atoms with van der Waals surface area (Å²) in [5.41, 5.74) is 0.899. The Morgan fingerprint density at radius 2 is 1.88 bits per heavy atom. The summed E-state index contributed by atoms with van der Waals surface area (Å²) >= 11 is 0. The van der Waals surface area contributed by atoms with Crippen LogP contribution in [0.25, 0.3) is 0 Å². The fraction of sp³-hybridized carbons (Fsp3) is 0.462. The van der Waals surface area contributed by atoms with E-state index in [-0.39, 0.29) is 5.91 Å². The van der Waals surface area contributed by atoms with Gasteiger partial charge in [0.05, 0.1) is 6.61 Å². The fourth-order valence-corrected chi connectivity index (χ4v) is 1.37. The molecule has 1 aromatic rings. The molecule has 0 bridgehead atoms. The zero-order valence-electron chi connectivity index (χ0n) is 10.2. The van der Waals surface area contributed by atoms with Gasteiger partial charge in [-0.1, -0.05) is 13.8 Å². The van der Waals surface area contributed by atoms with Gasteiger partial charge in [0.1, 0.15) is 5.75 Å². The highest BCUT2D eigenvalue weighted by molar-refractivity contribution is 5.92. The van der Waals surface area contributed by atoms with E-state index in [0.29, 0.717) is 6.42 Å². The first-order valence-electron chi connectivity index (χ1n) is 5.68. The average molecular weight is 221 g/mol. The van der Waals surface area contributed by atoms with E-state index >= 15 is 0 Å². The molecule has 0 spiro atoms. The molecule has 0 aliphatic rings. The Hall–Kier alpha value is -1.51. The van der Waals surface area contributed by atoms with Crippen molar-refractivity contribution < 1.29 is 9.53 Å². The predicted octanol–water partition coefficient (Wildman–Crippen LogP) is 2.85. The first-order valence-corrected chi connectivity index (χ1v) is 5.68. The van der Waals surface area contributed by atoms with Gasteiger partial charge in [0, 0.05) is 19.2 Å². The molecule has 0 heterocycles. The highest BCUT2D eigenvalue weighted by Crippen LogP contribution is 2.19. The molecule has 0 saturated heterocycles. The Morgan fingerprint density at radius 1 is 1.25 bits per heavy atom. The van der Waals surface area contributed by atoms with Crippen molar-refractivity contribution in [3.63, 3.8) is 0 Å². The minimum atomic E-state index is 0.113. The van der Waals surface area contributed by atoms with E-state index in [4.69, 9.17) is 4.74 Å². The van der Waals surface area contributed by atoms with Crippen LogP contribution < -0.4 is 9.64 Å². The third kappa shape index (κ3) is 3.26. The molecule has 0 fully saturated rings. The van der Waals surface area contributed by atoms with Gasteiger partial charge in [0.25, 0.3) is 0 Å². The van der Waals surface area contributed by atoms with E-state index in [2.05, 4.69) is 6.92 Å². The molecule has 88 valence electrons. The Morgan fingerprint density at radius 3 is 2.38 bits per heavy atom. The van der Waals surface area contributed by atoms with Crippen molar-refractivity contribution >= 4 is 11.6 Å². The van der Waals surface area contributed by atoms with Crippen LogP contribution in [0, 0.1) is 0 Å². The molecule has 1 amide bonds. The minimum absolute atomic E-state index is 0.113. The summed E-state index contributed by atoms with van der Waals surface area (Å²) in [4.78, 5) is 13.1. The number of rotatable bonds is 5. The molecule has 3 nitrogen and oxygen atoms in total. The van der Waals surface area contributed by atoms with Gasteiger partial charge in [-0.3, -0.25) is 4.79 Å². The molecule has 0 N–H and O–H groups in total. The molecule has 0 aliphatic heterocycles. The number of nitrogens with zero attached hydrogens (tertiary/aromatic N) is 1. The normalized spacial score (nSPS) is 9.94. The van der Waals surface area contributed by atoms with Crippen LogP contribution in [-0.2, 0) is 4.79 Å². The number of amides is 1. The summed E-state index contributed by atoms with van der Waals surface area (Å²) in [6.07, 6.45) is 1.51. The molecule has 1 rings (SSSR count). The molecule has 1 aromatic carbocycles. The summed E-state index contributed by atoms with van der Waals surface area (Å²) in [6, 6.07) is 7.59. The summed E-state index contributed by atoms with van der Waals surface area (Å²) in [6.45, 7) is 4.66. The van der Waals surface area contributed by atoms with Crippen molar-refractivity contribution in [2.45, 2.75) is 26.7 Å². The van der Waals surface area contributed by atoms with E-state index in [9.17, 15) is 4.79 Å². The first kappa shape index (κ1) is 12.6. The van der Waals surface area contributed by atoms with E-state index in [1.807, 2.05) is 31.2 Å². The lowest BCUT2D eigenvalue weighted by Gasteiger charge is -2.16. The second-order valence-electron chi connectivity index (χ2n) is 3.65. The maximum atomic E-state index is 11.5. The summed E-state index contributed by atoms with van der Waals surface area (Å²) in [7, 11) is 1.79. The molecule has 0 radical (unpaired) electrons. The van der Waals surface area contributed by atoms with E-state index in [0.717, 1.165) is 24.5 Å². The number of benzene rings is 1. The summed E-state index contributed by atoms with van der Waals surface area (Å²) < 4.78 is 5.47. The molecule has 0 atom stereocenters. The highest BCUT2D eigenvalue weighted by Gasteiger charge is 2.07. The molecular weight excluding hydrogens is 202 g/mol. The number of hydrogen-bond donors (Lipinski definition) is 0. The van der Waals surface area contributed by atoms with Gasteiger partial charge in [-0.05, 0) is 30.7 Å². The highest BCUT2D eigenvalue weighted by atomic mass is 16.5. The third-order valence-corrected chi connectivity index (χ3v) is 2.37. The molecule has 0 aromatic heterocycles. The molecule has 0 aliphatic carbocycles. The second-order valence-corrected chi connectivity index (χ2v) is 3.65. The lowest BCUT2D eigenvalue weighted by atomic mass is 10.2. The van der Waals surface area contributed by atoms with Crippen LogP contribution in [0.15, 0.2) is 24.3 Å². The smallest absolute Gasteiger partial charge is 0.226 e. The van der Waals surface area contributed by atoms with Crippen LogP contribution in [0.1, 0.15) is 26.7 Å². The van der Waals surface area contributed by atoms with Crippen molar-refractivity contribution in [3.05, 3.63) is 24.3 Å². The van der Waals surface area contributed by atoms with E-state index < -0.39 is 0 Å². The summed E-state index contributed by atoms with van der Waals surface area (Å²) in [5, 5.41) is 0. The quantitative estimate of drug-likeness (QED) is 0.765. The number of anilines is 1. The SMILES string of the molecule is CCCOc1ccc(N(C)C(=O)CC)cc1. The van der Waals surface area contributed by atoms with Crippen molar-refractivity contribution in [2.75, 3.05) is 18.6 Å². The lowest BCUT2D eigenvalue weighted by molar-refractivity contribution is -0.118. The van der Waals surface area contributed by atoms with Crippen LogP contribution in [0.4, 0.5) is 5.69 Å². The predicted molar refractivity (Wildman–Crippen MR) is 65.9 cm³/mol. The first-order chi connectivity index (χ1) is 7.69. The number of carbonyl (C=O) groups is 1. The van der Waals surface area contributed by atoms with Gasteiger partial charge < -0.3 is 9.64 Å². The molecule has 3 heteroatoms. The molecular formula is C13H19NO2. The van der Waals surface area contributed by atoms with Crippen LogP contribution in [0.3, 0.4) is 0 Å². The van der Waals surface area contributed by atoms with Crippen molar-refractivity contribution in [1.29, 1.82) is 0 Å². The fourth-order valence-electron chi connectivity index (χ4n) is 1.37. The molecule has 0 unspecified atom stereocenters. The Kier molecular flexibility index (Phi) is 4.83. The van der Waals surface area contributed by atoms with Crippen LogP contribution in [-0.4, -0.2) is 19.6 Å². The topological polar surface area (TPSA) is 29.5 Å². The maximum absolute atomic E-state index is 11.5. The van der Waals surface area contributed by atoms with Gasteiger partial charge in [0.2, 0.25) is 5.91 Å². The van der Waals surface area contributed by atoms with Gasteiger partial charge in [-0.25, -0.2) is 0 Å². The molecule has 0 saturated carbocycles. The zero-order valence-corrected chi connectivity index (χ0v) is 10.2. The largest absolute Gasteiger partial charge is 0.494 e. The van der Waals surface area contributed by atoms with Crippen LogP contribution >= 0.6 is 0 Å². The van der Waals surface area contributed by atoms with Gasteiger partial charge in [-0.2, -0.15) is 0 Å². The van der Waals surface area contributed by atoms with Crippen molar-refractivity contribution in [1.82, 2.24) is 0 Å². The lowest BCUT2D eigenvalue weighted by Crippen LogP contribution is -2.24. The van der Waals surface area contributed by atoms with Gasteiger partial charge >= 0.3 is 0 Å². The van der Waals surface area contributed by atoms with Crippen LogP contribution in [0.5, 0.6) is 5.75 Å². The minimum Gasteiger partial charge on any atom is -0.494 e. The van der Waals surface area contributed by atoms with Gasteiger partial charge in [-0.15, -0.1) is 0 Å². The Labute approximate surface area is 97.0 Å². The second kappa shape index (κ2) is 6.16. The third-order valence-electron chi connectivity index (χ3n) is 2.37. The monoisotopic (exact) mass is 221 g/mol. The zero-order chi connectivity index (χ0) is 12.0. The number of ether oxygens (including phenoxy) is 1. The van der Waals surface area contributed by atoms with Crippen molar-refractivity contribution in [2.24, 2.45) is 0 Å². The van der Waals surface area contributed by atoms with E-state index in [1.165, 1.54) is 0 Å². The van der Waals surface area contributed by atoms with E-state index in [1.54, 1.807) is 11.9 Å². The number of carbonyl (C=O) groups excluding carboxylic acids is 1. The van der Waals surface area contributed by atoms with Crippen LogP contribution in [0.2, 0.25) is 0 Å². The maximum Gasteiger partial charge on any atom is 0.226 e.